The number of hydrogen-bond acceptors (Lipinski definition) is 2. The van der Waals surface area contributed by atoms with Crippen LogP contribution in [0.1, 0.15) is 16.8 Å². The topological polar surface area (TPSA) is 29.5 Å². The van der Waals surface area contributed by atoms with Gasteiger partial charge in [0.1, 0.15) is 0 Å². The van der Waals surface area contributed by atoms with E-state index in [1.54, 1.807) is 12.1 Å². The second-order valence-corrected chi connectivity index (χ2v) is 4.02. The SMILES string of the molecule is O=C(c1cccc(Br)c1)N1CCCO1. The van der Waals surface area contributed by atoms with Gasteiger partial charge >= 0.3 is 0 Å². The van der Waals surface area contributed by atoms with Crippen molar-refractivity contribution in [1.82, 2.24) is 5.06 Å². The Hall–Kier alpha value is -0.870. The van der Waals surface area contributed by atoms with Crippen molar-refractivity contribution in [1.29, 1.82) is 0 Å². The van der Waals surface area contributed by atoms with Gasteiger partial charge in [0.05, 0.1) is 13.2 Å². The first-order valence-corrected chi connectivity index (χ1v) is 5.27. The number of amides is 1. The lowest BCUT2D eigenvalue weighted by molar-refractivity contribution is -0.0768. The fourth-order valence-electron chi connectivity index (χ4n) is 1.37. The third-order valence-corrected chi connectivity index (χ3v) is 2.54. The molecule has 1 heterocycles. The molecule has 1 saturated heterocycles. The zero-order valence-corrected chi connectivity index (χ0v) is 9.16. The largest absolute Gasteiger partial charge is 0.277 e. The lowest BCUT2D eigenvalue weighted by Gasteiger charge is -2.13. The summed E-state index contributed by atoms with van der Waals surface area (Å²) in [6, 6.07) is 7.31. The van der Waals surface area contributed by atoms with E-state index in [1.165, 1.54) is 5.06 Å². The first-order chi connectivity index (χ1) is 6.77. The predicted octanol–water partition coefficient (Wildman–Crippen LogP) is 2.23. The second kappa shape index (κ2) is 4.11. The highest BCUT2D eigenvalue weighted by atomic mass is 79.9. The van der Waals surface area contributed by atoms with Gasteiger partial charge in [0.25, 0.3) is 5.91 Å². The monoisotopic (exact) mass is 255 g/mol. The standard InChI is InChI=1S/C10H10BrNO2/c11-9-4-1-3-8(7-9)10(13)12-5-2-6-14-12/h1,3-4,7H,2,5-6H2. The molecule has 0 unspecified atom stereocenters. The van der Waals surface area contributed by atoms with E-state index in [0.29, 0.717) is 18.7 Å². The summed E-state index contributed by atoms with van der Waals surface area (Å²) >= 11 is 3.33. The lowest BCUT2D eigenvalue weighted by atomic mass is 10.2. The predicted molar refractivity (Wildman–Crippen MR) is 55.7 cm³/mol. The van der Waals surface area contributed by atoms with E-state index in [1.807, 2.05) is 12.1 Å². The van der Waals surface area contributed by atoms with Gasteiger partial charge in [-0.2, -0.15) is 0 Å². The number of benzene rings is 1. The number of rotatable bonds is 1. The van der Waals surface area contributed by atoms with E-state index in [4.69, 9.17) is 4.84 Å². The van der Waals surface area contributed by atoms with Crippen LogP contribution in [0.3, 0.4) is 0 Å². The van der Waals surface area contributed by atoms with E-state index >= 15 is 0 Å². The maximum Gasteiger partial charge on any atom is 0.277 e. The number of carbonyl (C=O) groups excluding carboxylic acids is 1. The Bertz CT molecular complexity index is 348. The highest BCUT2D eigenvalue weighted by Crippen LogP contribution is 2.15. The summed E-state index contributed by atoms with van der Waals surface area (Å²) in [4.78, 5) is 17.0. The molecule has 1 aliphatic rings. The molecule has 1 aliphatic heterocycles. The maximum atomic E-state index is 11.8. The summed E-state index contributed by atoms with van der Waals surface area (Å²) in [5.74, 6) is -0.0659. The minimum atomic E-state index is -0.0659. The molecule has 1 aromatic carbocycles. The third kappa shape index (κ3) is 1.96. The van der Waals surface area contributed by atoms with E-state index in [9.17, 15) is 4.79 Å². The van der Waals surface area contributed by atoms with Crippen LogP contribution in [0.2, 0.25) is 0 Å². The maximum absolute atomic E-state index is 11.8. The molecule has 2 rings (SSSR count). The van der Waals surface area contributed by atoms with Crippen molar-refractivity contribution in [3.05, 3.63) is 34.3 Å². The van der Waals surface area contributed by atoms with E-state index in [2.05, 4.69) is 15.9 Å². The Morgan fingerprint density at radius 3 is 3.00 bits per heavy atom. The zero-order valence-electron chi connectivity index (χ0n) is 7.57. The summed E-state index contributed by atoms with van der Waals surface area (Å²) in [6.45, 7) is 1.32. The van der Waals surface area contributed by atoms with Crippen LogP contribution in [0.15, 0.2) is 28.7 Å². The van der Waals surface area contributed by atoms with Gasteiger partial charge in [-0.1, -0.05) is 22.0 Å². The van der Waals surface area contributed by atoms with Crippen LogP contribution in [0.25, 0.3) is 0 Å². The van der Waals surface area contributed by atoms with Crippen molar-refractivity contribution in [3.63, 3.8) is 0 Å². The molecular formula is C10H10BrNO2. The third-order valence-electron chi connectivity index (χ3n) is 2.05. The van der Waals surface area contributed by atoms with Crippen LogP contribution in [-0.2, 0) is 4.84 Å². The number of carbonyl (C=O) groups is 1. The Labute approximate surface area is 90.7 Å². The number of hydrogen-bond donors (Lipinski definition) is 0. The molecule has 3 nitrogen and oxygen atoms in total. The summed E-state index contributed by atoms with van der Waals surface area (Å²) in [5.41, 5.74) is 0.654. The van der Waals surface area contributed by atoms with Crippen molar-refractivity contribution in [2.75, 3.05) is 13.2 Å². The Morgan fingerprint density at radius 1 is 1.50 bits per heavy atom. The molecule has 4 heteroatoms. The number of halogens is 1. The van der Waals surface area contributed by atoms with Crippen molar-refractivity contribution in [3.8, 4) is 0 Å². The number of nitrogens with zero attached hydrogens (tertiary/aromatic N) is 1. The molecule has 0 aliphatic carbocycles. The second-order valence-electron chi connectivity index (χ2n) is 3.10. The minimum Gasteiger partial charge on any atom is -0.271 e. The van der Waals surface area contributed by atoms with Crippen molar-refractivity contribution >= 4 is 21.8 Å². The quantitative estimate of drug-likeness (QED) is 0.771. The molecule has 0 atom stereocenters. The van der Waals surface area contributed by atoms with Crippen molar-refractivity contribution in [2.45, 2.75) is 6.42 Å². The Kier molecular flexibility index (Phi) is 2.84. The molecule has 0 saturated carbocycles. The summed E-state index contributed by atoms with van der Waals surface area (Å²) < 4.78 is 0.905. The zero-order chi connectivity index (χ0) is 9.97. The molecular weight excluding hydrogens is 246 g/mol. The van der Waals surface area contributed by atoms with Crippen molar-refractivity contribution in [2.24, 2.45) is 0 Å². The van der Waals surface area contributed by atoms with Crippen LogP contribution >= 0.6 is 15.9 Å². The summed E-state index contributed by atoms with van der Waals surface area (Å²) in [5, 5.41) is 1.42. The fraction of sp³-hybridized carbons (Fsp3) is 0.300. The van der Waals surface area contributed by atoms with E-state index in [-0.39, 0.29) is 5.91 Å². The molecule has 0 bridgehead atoms. The summed E-state index contributed by atoms with van der Waals surface area (Å²) in [7, 11) is 0. The normalized spacial score (nSPS) is 15.9. The fourth-order valence-corrected chi connectivity index (χ4v) is 1.77. The molecule has 0 aromatic heterocycles. The van der Waals surface area contributed by atoms with Gasteiger partial charge < -0.3 is 0 Å². The van der Waals surface area contributed by atoms with Gasteiger partial charge in [-0.3, -0.25) is 9.63 Å². The van der Waals surface area contributed by atoms with Crippen molar-refractivity contribution < 1.29 is 9.63 Å². The first kappa shape index (κ1) is 9.68. The average Bonchev–Trinajstić information content (AvgIpc) is 2.69. The van der Waals surface area contributed by atoms with E-state index in [0.717, 1.165) is 10.9 Å². The molecule has 74 valence electrons. The summed E-state index contributed by atoms with van der Waals surface area (Å²) in [6.07, 6.45) is 0.916. The molecule has 1 amide bonds. The average molecular weight is 256 g/mol. The molecule has 1 aromatic rings. The van der Waals surface area contributed by atoms with E-state index < -0.39 is 0 Å². The molecule has 0 radical (unpaired) electrons. The molecule has 0 N–H and O–H groups in total. The molecule has 0 spiro atoms. The number of hydroxylamine groups is 2. The van der Waals surface area contributed by atoms with Crippen LogP contribution in [-0.4, -0.2) is 24.1 Å². The van der Waals surface area contributed by atoms with Crippen LogP contribution < -0.4 is 0 Å². The van der Waals surface area contributed by atoms with Gasteiger partial charge in [-0.25, -0.2) is 5.06 Å². The van der Waals surface area contributed by atoms with Crippen LogP contribution in [0.4, 0.5) is 0 Å². The minimum absolute atomic E-state index is 0.0659. The van der Waals surface area contributed by atoms with Crippen LogP contribution in [0.5, 0.6) is 0 Å². The van der Waals surface area contributed by atoms with Gasteiger partial charge in [0, 0.05) is 10.0 Å². The van der Waals surface area contributed by atoms with Gasteiger partial charge in [-0.15, -0.1) is 0 Å². The van der Waals surface area contributed by atoms with Crippen LogP contribution in [0, 0.1) is 0 Å². The first-order valence-electron chi connectivity index (χ1n) is 4.48. The molecule has 14 heavy (non-hydrogen) atoms. The lowest BCUT2D eigenvalue weighted by Crippen LogP contribution is -2.26. The highest BCUT2D eigenvalue weighted by Gasteiger charge is 2.20. The van der Waals surface area contributed by atoms with Gasteiger partial charge in [-0.05, 0) is 24.6 Å². The molecule has 1 fully saturated rings. The Morgan fingerprint density at radius 2 is 2.36 bits per heavy atom. The van der Waals surface area contributed by atoms with Gasteiger partial charge in [0.15, 0.2) is 0 Å². The smallest absolute Gasteiger partial charge is 0.271 e. The highest BCUT2D eigenvalue weighted by molar-refractivity contribution is 9.10. The Balaban J connectivity index is 2.17. The van der Waals surface area contributed by atoms with Gasteiger partial charge in [0.2, 0.25) is 0 Å².